The fourth-order valence-corrected chi connectivity index (χ4v) is 2.60. The minimum absolute atomic E-state index is 0.0646. The molecule has 0 aliphatic carbocycles. The molecule has 0 spiro atoms. The predicted octanol–water partition coefficient (Wildman–Crippen LogP) is 0.393. The molecule has 0 saturated heterocycles. The molecular weight excluding hydrogens is 372 g/mol. The second kappa shape index (κ2) is 11.5. The van der Waals surface area contributed by atoms with E-state index in [9.17, 15) is 9.59 Å². The molecule has 0 radical (unpaired) electrons. The van der Waals surface area contributed by atoms with Crippen molar-refractivity contribution < 1.29 is 9.63 Å². The van der Waals surface area contributed by atoms with E-state index in [4.69, 9.17) is 10.6 Å². The number of hydroxylamine groups is 1. The number of carbonyl (C=O) groups excluding carboxylic acids is 1. The van der Waals surface area contributed by atoms with Gasteiger partial charge in [0.1, 0.15) is 12.2 Å². The molecule has 1 aromatic heterocycles. The number of guanidine groups is 1. The van der Waals surface area contributed by atoms with Crippen LogP contribution in [-0.2, 0) is 22.6 Å². The standard InChI is InChI=1S/C20H28N6O3/c1-15-8-9-17(23-11-10-16-6-4-3-5-7-16)19(28)26(15)14-18(27)24-12-13-29-25-20(21)22-2/h3-9,23H,10-14H2,1-2H3,(H,24,27)(H3,21,22,25). The van der Waals surface area contributed by atoms with Crippen LogP contribution < -0.4 is 27.4 Å². The number of hydrogen-bond donors (Lipinski definition) is 4. The topological polar surface area (TPSA) is 123 Å². The van der Waals surface area contributed by atoms with Crippen LogP contribution in [0.1, 0.15) is 11.3 Å². The smallest absolute Gasteiger partial charge is 0.274 e. The summed E-state index contributed by atoms with van der Waals surface area (Å²) < 4.78 is 1.45. The van der Waals surface area contributed by atoms with Crippen molar-refractivity contribution in [1.82, 2.24) is 15.4 Å². The summed E-state index contributed by atoms with van der Waals surface area (Å²) in [5.41, 5.74) is 9.99. The van der Waals surface area contributed by atoms with Crippen LogP contribution in [0.15, 0.2) is 52.3 Å². The Balaban J connectivity index is 1.85. The normalized spacial score (nSPS) is 11.2. The Morgan fingerprint density at radius 1 is 1.17 bits per heavy atom. The molecule has 1 amide bonds. The number of nitrogens with one attached hydrogen (secondary N) is 3. The third-order valence-corrected chi connectivity index (χ3v) is 4.21. The van der Waals surface area contributed by atoms with Gasteiger partial charge in [0, 0.05) is 25.8 Å². The summed E-state index contributed by atoms with van der Waals surface area (Å²) in [6.45, 7) is 2.83. The fraction of sp³-hybridized carbons (Fsp3) is 0.350. The van der Waals surface area contributed by atoms with E-state index < -0.39 is 0 Å². The van der Waals surface area contributed by atoms with E-state index in [1.807, 2.05) is 36.4 Å². The molecule has 0 saturated carbocycles. The number of anilines is 1. The zero-order chi connectivity index (χ0) is 21.1. The van der Waals surface area contributed by atoms with Crippen molar-refractivity contribution in [2.75, 3.05) is 32.1 Å². The van der Waals surface area contributed by atoms with Crippen molar-refractivity contribution in [3.05, 3.63) is 64.1 Å². The van der Waals surface area contributed by atoms with Crippen molar-refractivity contribution in [2.45, 2.75) is 19.9 Å². The quantitative estimate of drug-likeness (QED) is 0.198. The van der Waals surface area contributed by atoms with Crippen LogP contribution in [0.3, 0.4) is 0 Å². The van der Waals surface area contributed by atoms with Crippen molar-refractivity contribution in [1.29, 1.82) is 0 Å². The van der Waals surface area contributed by atoms with Crippen LogP contribution in [0, 0.1) is 6.92 Å². The van der Waals surface area contributed by atoms with E-state index in [2.05, 4.69) is 21.1 Å². The summed E-state index contributed by atoms with van der Waals surface area (Å²) in [6, 6.07) is 13.6. The third-order valence-electron chi connectivity index (χ3n) is 4.21. The van der Waals surface area contributed by atoms with Gasteiger partial charge in [-0.25, -0.2) is 5.48 Å². The molecule has 0 aliphatic rings. The van der Waals surface area contributed by atoms with E-state index in [-0.39, 0.29) is 37.1 Å². The lowest BCUT2D eigenvalue weighted by Crippen LogP contribution is -2.37. The minimum Gasteiger partial charge on any atom is -0.380 e. The minimum atomic E-state index is -0.280. The molecule has 156 valence electrons. The Labute approximate surface area is 169 Å². The van der Waals surface area contributed by atoms with E-state index in [1.54, 1.807) is 13.0 Å². The maximum absolute atomic E-state index is 12.7. The van der Waals surface area contributed by atoms with Gasteiger partial charge in [0.15, 0.2) is 0 Å². The highest BCUT2D eigenvalue weighted by Crippen LogP contribution is 2.05. The highest BCUT2D eigenvalue weighted by Gasteiger charge is 2.10. The molecule has 1 heterocycles. The molecular formula is C20H28N6O3. The second-order valence-corrected chi connectivity index (χ2v) is 6.35. The number of rotatable bonds is 10. The summed E-state index contributed by atoms with van der Waals surface area (Å²) in [7, 11) is 1.53. The predicted molar refractivity (Wildman–Crippen MR) is 114 cm³/mol. The van der Waals surface area contributed by atoms with Gasteiger partial charge in [0.25, 0.3) is 5.56 Å². The molecule has 0 bridgehead atoms. The number of nitrogens with zero attached hydrogens (tertiary/aromatic N) is 2. The number of aliphatic imine (C=N–C) groups is 1. The number of pyridine rings is 1. The van der Waals surface area contributed by atoms with Gasteiger partial charge in [-0.1, -0.05) is 30.3 Å². The average Bonchev–Trinajstić information content (AvgIpc) is 2.73. The SMILES string of the molecule is CN=C(N)NOCCNC(=O)Cn1c(C)ccc(NCCc2ccccc2)c1=O. The number of aromatic nitrogens is 1. The van der Waals surface area contributed by atoms with Gasteiger partial charge < -0.3 is 20.9 Å². The lowest BCUT2D eigenvalue weighted by Gasteiger charge is -2.13. The summed E-state index contributed by atoms with van der Waals surface area (Å²) in [6.07, 6.45) is 0.802. The molecule has 0 unspecified atom stereocenters. The van der Waals surface area contributed by atoms with Crippen molar-refractivity contribution in [2.24, 2.45) is 10.7 Å². The van der Waals surface area contributed by atoms with Crippen molar-refractivity contribution >= 4 is 17.6 Å². The Morgan fingerprint density at radius 3 is 2.66 bits per heavy atom. The Bertz CT molecular complexity index is 880. The third kappa shape index (κ3) is 7.30. The Hall–Kier alpha value is -3.33. The number of carbonyl (C=O) groups is 1. The first kappa shape index (κ1) is 22.0. The molecule has 2 rings (SSSR count). The highest BCUT2D eigenvalue weighted by atomic mass is 16.6. The van der Waals surface area contributed by atoms with Gasteiger partial charge in [-0.3, -0.25) is 19.4 Å². The molecule has 0 atom stereocenters. The second-order valence-electron chi connectivity index (χ2n) is 6.35. The molecule has 29 heavy (non-hydrogen) atoms. The molecule has 9 nitrogen and oxygen atoms in total. The largest absolute Gasteiger partial charge is 0.380 e. The van der Waals surface area contributed by atoms with Gasteiger partial charge in [-0.15, -0.1) is 0 Å². The zero-order valence-electron chi connectivity index (χ0n) is 16.8. The molecule has 0 fully saturated rings. The number of benzene rings is 1. The van der Waals surface area contributed by atoms with Gasteiger partial charge in [-0.05, 0) is 31.0 Å². The maximum Gasteiger partial charge on any atom is 0.274 e. The van der Waals surface area contributed by atoms with Crippen molar-refractivity contribution in [3.63, 3.8) is 0 Å². The van der Waals surface area contributed by atoms with Crippen LogP contribution in [0.2, 0.25) is 0 Å². The van der Waals surface area contributed by atoms with E-state index in [1.165, 1.54) is 17.2 Å². The van der Waals surface area contributed by atoms with E-state index >= 15 is 0 Å². The maximum atomic E-state index is 12.7. The monoisotopic (exact) mass is 400 g/mol. The van der Waals surface area contributed by atoms with Crippen molar-refractivity contribution in [3.8, 4) is 0 Å². The van der Waals surface area contributed by atoms with Crippen LogP contribution >= 0.6 is 0 Å². The van der Waals surface area contributed by atoms with Gasteiger partial charge in [0.2, 0.25) is 11.9 Å². The fourth-order valence-electron chi connectivity index (χ4n) is 2.60. The summed E-state index contributed by atoms with van der Waals surface area (Å²) in [4.78, 5) is 33.6. The lowest BCUT2D eigenvalue weighted by molar-refractivity contribution is -0.122. The van der Waals surface area contributed by atoms with Gasteiger partial charge >= 0.3 is 0 Å². The summed E-state index contributed by atoms with van der Waals surface area (Å²) in [5.74, 6) is -0.132. The number of hydrogen-bond acceptors (Lipinski definition) is 5. The van der Waals surface area contributed by atoms with Gasteiger partial charge in [-0.2, -0.15) is 0 Å². The van der Waals surface area contributed by atoms with Gasteiger partial charge in [0.05, 0.1) is 6.61 Å². The summed E-state index contributed by atoms with van der Waals surface area (Å²) in [5, 5.41) is 5.86. The van der Waals surface area contributed by atoms with Crippen LogP contribution in [0.4, 0.5) is 5.69 Å². The molecule has 1 aromatic carbocycles. The van der Waals surface area contributed by atoms with Crippen LogP contribution in [-0.4, -0.2) is 43.2 Å². The summed E-state index contributed by atoms with van der Waals surface area (Å²) >= 11 is 0. The van der Waals surface area contributed by atoms with E-state index in [0.717, 1.165) is 6.42 Å². The van der Waals surface area contributed by atoms with Crippen LogP contribution in [0.25, 0.3) is 0 Å². The Morgan fingerprint density at radius 2 is 1.93 bits per heavy atom. The van der Waals surface area contributed by atoms with E-state index in [0.29, 0.717) is 17.9 Å². The first-order chi connectivity index (χ1) is 14.0. The number of nitrogens with two attached hydrogens (primary N) is 1. The number of aryl methyl sites for hydroxylation is 1. The lowest BCUT2D eigenvalue weighted by atomic mass is 10.1. The first-order valence-corrected chi connectivity index (χ1v) is 9.36. The molecule has 2 aromatic rings. The first-order valence-electron chi connectivity index (χ1n) is 9.36. The molecule has 0 aliphatic heterocycles. The molecule has 9 heteroatoms. The highest BCUT2D eigenvalue weighted by molar-refractivity contribution is 5.76. The average molecular weight is 400 g/mol. The molecule has 5 N–H and O–H groups in total. The number of amides is 1. The zero-order valence-corrected chi connectivity index (χ0v) is 16.8. The Kier molecular flexibility index (Phi) is 8.71. The van der Waals surface area contributed by atoms with Crippen LogP contribution in [0.5, 0.6) is 0 Å².